The second-order valence-electron chi connectivity index (χ2n) is 13.5. The number of benzene rings is 3. The monoisotopic (exact) mass is 741 g/mol. The zero-order chi connectivity index (χ0) is 34.1. The number of ether oxygens (including phenoxy) is 1. The first-order valence-electron chi connectivity index (χ1n) is 16.7. The van der Waals surface area contributed by atoms with Crippen molar-refractivity contribution in [3.63, 3.8) is 0 Å². The fraction of sp³-hybridized carbons (Fsp3) is 0.415. The smallest absolute Gasteiger partial charge is 0.0160 e. The number of aromatic nitrogens is 1. The van der Waals surface area contributed by atoms with Crippen LogP contribution in [-0.2, 0) is 29.5 Å². The van der Waals surface area contributed by atoms with E-state index in [0.717, 1.165) is 29.6 Å². The van der Waals surface area contributed by atoms with Gasteiger partial charge in [-0.15, -0.1) is 35.9 Å². The number of hydrogen-bond acceptors (Lipinski definition) is 4. The predicted molar refractivity (Wildman–Crippen MR) is 194 cm³/mol. The van der Waals surface area contributed by atoms with Gasteiger partial charge in [0, 0.05) is 12.7 Å². The van der Waals surface area contributed by atoms with Gasteiger partial charge in [0.25, 0.3) is 0 Å². The minimum absolute atomic E-state index is 0.332. The molecule has 3 atom stereocenters. The van der Waals surface area contributed by atoms with Crippen LogP contribution in [0, 0.1) is 65.1 Å². The van der Waals surface area contributed by atoms with Gasteiger partial charge in [-0.25, -0.2) is 0 Å². The van der Waals surface area contributed by atoms with Crippen molar-refractivity contribution in [2.75, 3.05) is 16.5 Å². The molecule has 0 unspecified atom stereocenters. The Morgan fingerprint density at radius 1 is 0.894 bits per heavy atom. The van der Waals surface area contributed by atoms with E-state index in [0.29, 0.717) is 18.8 Å². The number of nitrogens with zero attached hydrogens (tertiary/aromatic N) is 3. The van der Waals surface area contributed by atoms with Crippen LogP contribution in [0.25, 0.3) is 11.3 Å². The van der Waals surface area contributed by atoms with E-state index in [2.05, 4.69) is 135 Å². The zero-order valence-electron chi connectivity index (χ0n) is 29.2. The Morgan fingerprint density at radius 3 is 2.15 bits per heavy atom. The number of anilines is 2. The first kappa shape index (κ1) is 37.1. The number of halogens is 1. The molecule has 0 N–H and O–H groups in total. The molecule has 1 saturated carbocycles. The van der Waals surface area contributed by atoms with Gasteiger partial charge in [-0.05, 0) is 123 Å². The van der Waals surface area contributed by atoms with Gasteiger partial charge in [-0.3, -0.25) is 0 Å². The van der Waals surface area contributed by atoms with Crippen molar-refractivity contribution >= 4 is 20.9 Å². The molecule has 252 valence electrons. The van der Waals surface area contributed by atoms with Gasteiger partial charge in [0.15, 0.2) is 0 Å². The van der Waals surface area contributed by atoms with Crippen molar-refractivity contribution in [1.82, 2.24) is 4.98 Å². The normalized spacial score (nSPS) is 18.7. The van der Waals surface area contributed by atoms with E-state index in [1.165, 1.54) is 64.0 Å². The molecule has 1 aliphatic carbocycles. The van der Waals surface area contributed by atoms with Crippen LogP contribution in [0.5, 0.6) is 0 Å². The number of pyridine rings is 1. The molecule has 0 spiro atoms. The maximum absolute atomic E-state index is 6.59. The van der Waals surface area contributed by atoms with E-state index in [9.17, 15) is 0 Å². The summed E-state index contributed by atoms with van der Waals surface area (Å²) in [5.41, 5.74) is 12.5. The fourth-order valence-corrected chi connectivity index (χ4v) is 6.70. The van der Waals surface area contributed by atoms with E-state index in [4.69, 9.17) is 4.74 Å². The van der Waals surface area contributed by atoms with Gasteiger partial charge in [-0.2, -0.15) is 0 Å². The van der Waals surface area contributed by atoms with Crippen LogP contribution in [0.2, 0.25) is 0 Å². The predicted octanol–water partition coefficient (Wildman–Crippen LogP) is 10.7. The molecular weight excluding hydrogens is 692 g/mol. The van der Waals surface area contributed by atoms with Crippen LogP contribution in [0.15, 0.2) is 72.9 Å². The summed E-state index contributed by atoms with van der Waals surface area (Å²) in [6.07, 6.45) is 5.91. The van der Waals surface area contributed by atoms with Crippen LogP contribution >= 0.6 is 9.53 Å². The van der Waals surface area contributed by atoms with E-state index >= 15 is 0 Å². The summed E-state index contributed by atoms with van der Waals surface area (Å²) in [4.78, 5) is 8.71. The molecule has 0 amide bonds. The Kier molecular flexibility index (Phi) is 13.9. The molecule has 4 aromatic rings. The molecular formula is C41H50ClN3OPd. The maximum Gasteiger partial charge on any atom is 0.0160 e. The first-order valence-corrected chi connectivity index (χ1v) is 18.7. The SMILES string of the molecule is Cc1cc(C)c(CN2[C]N(CO[C@H]3C[C@H](C(C)C)CC[C@@H]3C)c3cc(C)c(C)cc32)c(C)c1.[Cl][Pd+].[c-]1ccccc1-c1ccccn1. The Bertz CT molecular complexity index is 1500. The van der Waals surface area contributed by atoms with Crippen molar-refractivity contribution in [1.29, 1.82) is 0 Å². The van der Waals surface area contributed by atoms with Gasteiger partial charge >= 0.3 is 27.7 Å². The number of fused-ring (bicyclic) bond motifs is 1. The first-order chi connectivity index (χ1) is 22.6. The third kappa shape index (κ3) is 9.70. The summed E-state index contributed by atoms with van der Waals surface area (Å²) in [7, 11) is 4.49. The average molecular weight is 743 g/mol. The van der Waals surface area contributed by atoms with E-state index in [1.807, 2.05) is 42.5 Å². The van der Waals surface area contributed by atoms with Crippen molar-refractivity contribution in [3.8, 4) is 11.3 Å². The topological polar surface area (TPSA) is 28.6 Å². The van der Waals surface area contributed by atoms with Crippen molar-refractivity contribution in [2.24, 2.45) is 17.8 Å². The zero-order valence-corrected chi connectivity index (χ0v) is 31.5. The van der Waals surface area contributed by atoms with Gasteiger partial charge in [0.1, 0.15) is 6.73 Å². The van der Waals surface area contributed by atoms with Gasteiger partial charge in [0.2, 0.25) is 6.67 Å². The molecule has 2 aliphatic rings. The van der Waals surface area contributed by atoms with Crippen LogP contribution in [0.1, 0.15) is 73.4 Å². The summed E-state index contributed by atoms with van der Waals surface area (Å²) >= 11 is 2.22. The van der Waals surface area contributed by atoms with Crippen LogP contribution in [0.4, 0.5) is 11.4 Å². The van der Waals surface area contributed by atoms with Gasteiger partial charge in [0.05, 0.1) is 17.5 Å². The molecule has 2 radical (unpaired) electrons. The second kappa shape index (κ2) is 17.6. The summed E-state index contributed by atoms with van der Waals surface area (Å²) in [6.45, 7) is 23.1. The third-order valence-corrected chi connectivity index (χ3v) is 9.74. The molecule has 2 heterocycles. The Labute approximate surface area is 299 Å². The van der Waals surface area contributed by atoms with E-state index in [-0.39, 0.29) is 0 Å². The molecule has 1 fully saturated rings. The molecule has 1 aromatic heterocycles. The second-order valence-corrected chi connectivity index (χ2v) is 13.5. The molecule has 4 nitrogen and oxygen atoms in total. The molecule has 3 aromatic carbocycles. The number of hydrogen-bond donors (Lipinski definition) is 0. The van der Waals surface area contributed by atoms with Crippen molar-refractivity contribution in [3.05, 3.63) is 119 Å². The Balaban J connectivity index is 0.000000297. The van der Waals surface area contributed by atoms with Gasteiger partial charge in [-0.1, -0.05) is 50.6 Å². The van der Waals surface area contributed by atoms with E-state index < -0.39 is 0 Å². The summed E-state index contributed by atoms with van der Waals surface area (Å²) in [5.74, 6) is 2.13. The molecule has 0 saturated heterocycles. The minimum atomic E-state index is 0.332. The summed E-state index contributed by atoms with van der Waals surface area (Å²) < 4.78 is 6.59. The van der Waals surface area contributed by atoms with Crippen molar-refractivity contribution < 1.29 is 22.9 Å². The maximum atomic E-state index is 6.59. The fourth-order valence-electron chi connectivity index (χ4n) is 6.70. The van der Waals surface area contributed by atoms with E-state index in [1.54, 1.807) is 6.20 Å². The molecule has 6 rings (SSSR count). The van der Waals surface area contributed by atoms with Crippen molar-refractivity contribution in [2.45, 2.75) is 87.3 Å². The molecule has 1 aliphatic heterocycles. The number of aryl methyl sites for hydroxylation is 5. The largest absolute Gasteiger partial charge is 0.305 e. The van der Waals surface area contributed by atoms with Gasteiger partial charge < -0.3 is 19.5 Å². The summed E-state index contributed by atoms with van der Waals surface area (Å²) in [5, 5.41) is 0. The minimum Gasteiger partial charge on any atom is -0.305 e. The molecule has 6 heteroatoms. The quantitative estimate of drug-likeness (QED) is 0.139. The van der Waals surface area contributed by atoms with Crippen LogP contribution in [0.3, 0.4) is 0 Å². The summed E-state index contributed by atoms with van der Waals surface area (Å²) in [6, 6.07) is 26.0. The van der Waals surface area contributed by atoms with Crippen LogP contribution in [-0.4, -0.2) is 17.8 Å². The number of rotatable bonds is 7. The standard InChI is InChI=1S/C30H42N2O.C11H8N.ClH.Pd/c1-19(2)26-10-9-21(4)30(15-26)33-18-32-17-31(28-13-22(5)23(6)14-29(28)32)16-27-24(7)11-20(3)12-25(27)8;1-2-6-10(7-3-1)11-8-4-5-9-12-11;;/h11-14,19,21,26,30H,9-10,15-16,18H2,1-8H3;1-6,8-9H;1H;/q;-1;;+2/p-1/t21-,26+,30-;;;/m0.../s1. The Morgan fingerprint density at radius 2 is 1.55 bits per heavy atom. The molecule has 47 heavy (non-hydrogen) atoms. The molecule has 0 bridgehead atoms. The van der Waals surface area contributed by atoms with Crippen LogP contribution < -0.4 is 9.80 Å². The average Bonchev–Trinajstić information content (AvgIpc) is 3.39. The third-order valence-electron chi connectivity index (χ3n) is 9.74. The Hall–Kier alpha value is -2.68.